The molecule has 2 saturated carbocycles. The number of halogens is 1. The zero-order valence-electron chi connectivity index (χ0n) is 36.2. The SMILES string of the molecule is COC(=O)/C=C/CC[C@H](NC(=O)c1ccc([N+](=O)[O-])cc1C(=O)O)C(=O)N[C@H](C(=O)N1C[C@@H](F)C[C@H]1C(=O)N[C@H](C(=O)N[C@H](C(N)=O)C1CCCCC1)C1CCCCC1)C(C)(C)C. The lowest BCUT2D eigenvalue weighted by Gasteiger charge is -2.37. The second-order valence-electron chi connectivity index (χ2n) is 17.6. The van der Waals surface area contributed by atoms with Gasteiger partial charge in [0.1, 0.15) is 36.4 Å². The number of aromatic carboxylic acids is 1. The third-order valence-corrected chi connectivity index (χ3v) is 12.1. The second kappa shape index (κ2) is 22.4. The number of nitro benzene ring substituents is 1. The van der Waals surface area contributed by atoms with Gasteiger partial charge in [0.15, 0.2) is 0 Å². The van der Waals surface area contributed by atoms with Crippen LogP contribution in [0.25, 0.3) is 0 Å². The number of carbonyl (C=O) groups is 8. The molecule has 3 aliphatic rings. The third-order valence-electron chi connectivity index (χ3n) is 12.1. The van der Waals surface area contributed by atoms with Crippen molar-refractivity contribution in [2.24, 2.45) is 23.0 Å². The summed E-state index contributed by atoms with van der Waals surface area (Å²) in [6.07, 6.45) is 8.15. The van der Waals surface area contributed by atoms with E-state index in [9.17, 15) is 53.6 Å². The second-order valence-corrected chi connectivity index (χ2v) is 17.6. The number of alkyl halides is 1. The van der Waals surface area contributed by atoms with E-state index < -0.39 is 124 Å². The first-order chi connectivity index (χ1) is 29.7. The van der Waals surface area contributed by atoms with E-state index in [2.05, 4.69) is 26.0 Å². The number of nitrogens with two attached hydrogens (primary N) is 1. The molecule has 0 radical (unpaired) electrons. The molecular weight excluding hydrogens is 826 g/mol. The maximum atomic E-state index is 15.4. The van der Waals surface area contributed by atoms with Gasteiger partial charge in [0.05, 0.1) is 29.7 Å². The van der Waals surface area contributed by atoms with Crippen LogP contribution in [0.3, 0.4) is 0 Å². The highest BCUT2D eigenvalue weighted by Crippen LogP contribution is 2.31. The molecule has 1 aromatic rings. The zero-order valence-corrected chi connectivity index (χ0v) is 36.2. The molecule has 7 N–H and O–H groups in total. The molecule has 63 heavy (non-hydrogen) atoms. The minimum Gasteiger partial charge on any atom is -0.478 e. The Morgan fingerprint density at radius 2 is 1.51 bits per heavy atom. The van der Waals surface area contributed by atoms with Crippen molar-refractivity contribution >= 4 is 53.1 Å². The maximum absolute atomic E-state index is 15.4. The lowest BCUT2D eigenvalue weighted by Crippen LogP contribution is -2.62. The summed E-state index contributed by atoms with van der Waals surface area (Å²) < 4.78 is 20.0. The number of likely N-dealkylation sites (tertiary alicyclic amines) is 1. The monoisotopic (exact) mass is 885 g/mol. The van der Waals surface area contributed by atoms with Gasteiger partial charge in [-0.25, -0.2) is 14.0 Å². The van der Waals surface area contributed by atoms with Gasteiger partial charge in [-0.05, 0) is 61.8 Å². The molecule has 1 aromatic carbocycles. The highest BCUT2D eigenvalue weighted by Gasteiger charge is 2.47. The van der Waals surface area contributed by atoms with Gasteiger partial charge in [0, 0.05) is 24.6 Å². The summed E-state index contributed by atoms with van der Waals surface area (Å²) >= 11 is 0. The molecule has 6 atom stereocenters. The summed E-state index contributed by atoms with van der Waals surface area (Å²) in [5, 5.41) is 31.7. The molecule has 0 unspecified atom stereocenters. The van der Waals surface area contributed by atoms with Crippen molar-refractivity contribution in [2.75, 3.05) is 13.7 Å². The molecule has 20 heteroatoms. The largest absolute Gasteiger partial charge is 0.478 e. The Morgan fingerprint density at radius 3 is 2.05 bits per heavy atom. The molecular formula is C43H60FN7O12. The fourth-order valence-corrected chi connectivity index (χ4v) is 8.62. The van der Waals surface area contributed by atoms with E-state index in [-0.39, 0.29) is 24.7 Å². The average Bonchev–Trinajstić information content (AvgIpc) is 3.65. The summed E-state index contributed by atoms with van der Waals surface area (Å²) in [5.41, 5.74) is 2.86. The minimum atomic E-state index is -1.65. The molecule has 3 fully saturated rings. The Labute approximate surface area is 365 Å². The average molecular weight is 886 g/mol. The third kappa shape index (κ3) is 13.5. The number of hydrogen-bond donors (Lipinski definition) is 6. The number of nitro groups is 1. The fraction of sp³-hybridized carbons (Fsp3) is 0.628. The number of ether oxygens (including phenoxy) is 1. The van der Waals surface area contributed by atoms with Gasteiger partial charge in [-0.1, -0.05) is 65.4 Å². The number of benzene rings is 1. The Hall–Kier alpha value is -5.95. The lowest BCUT2D eigenvalue weighted by molar-refractivity contribution is -0.384. The Balaban J connectivity index is 1.59. The number of hydrogen-bond acceptors (Lipinski definition) is 11. The van der Waals surface area contributed by atoms with E-state index in [4.69, 9.17) is 5.73 Å². The molecule has 1 aliphatic heterocycles. The number of carboxylic acids is 1. The van der Waals surface area contributed by atoms with E-state index in [0.717, 1.165) is 68.7 Å². The van der Waals surface area contributed by atoms with Crippen LogP contribution in [0.15, 0.2) is 30.4 Å². The number of non-ortho nitro benzene ring substituents is 1. The van der Waals surface area contributed by atoms with E-state index in [1.165, 1.54) is 6.08 Å². The predicted octanol–water partition coefficient (Wildman–Crippen LogP) is 2.99. The van der Waals surface area contributed by atoms with Crippen molar-refractivity contribution in [1.82, 2.24) is 26.2 Å². The quantitative estimate of drug-likeness (QED) is 0.0537. The number of rotatable bonds is 18. The molecule has 1 heterocycles. The molecule has 6 amide bonds. The van der Waals surface area contributed by atoms with Gasteiger partial charge in [0.2, 0.25) is 29.5 Å². The van der Waals surface area contributed by atoms with Gasteiger partial charge in [0.25, 0.3) is 11.6 Å². The van der Waals surface area contributed by atoms with Crippen molar-refractivity contribution in [3.05, 3.63) is 51.6 Å². The zero-order chi connectivity index (χ0) is 46.6. The van der Waals surface area contributed by atoms with Crippen LogP contribution in [0.2, 0.25) is 0 Å². The van der Waals surface area contributed by atoms with Crippen molar-refractivity contribution in [2.45, 2.75) is 141 Å². The van der Waals surface area contributed by atoms with Crippen molar-refractivity contribution in [3.8, 4) is 0 Å². The summed E-state index contributed by atoms with van der Waals surface area (Å²) in [4.78, 5) is 118. The fourth-order valence-electron chi connectivity index (χ4n) is 8.62. The molecule has 4 rings (SSSR count). The van der Waals surface area contributed by atoms with E-state index in [1.54, 1.807) is 20.8 Å². The van der Waals surface area contributed by atoms with Gasteiger partial charge in [-0.2, -0.15) is 0 Å². The summed E-state index contributed by atoms with van der Waals surface area (Å²) in [7, 11) is 1.15. The van der Waals surface area contributed by atoms with Crippen LogP contribution in [0.1, 0.15) is 125 Å². The Morgan fingerprint density at radius 1 is 0.905 bits per heavy atom. The Bertz CT molecular complexity index is 1920. The van der Waals surface area contributed by atoms with Crippen molar-refractivity contribution in [1.29, 1.82) is 0 Å². The number of esters is 1. The lowest BCUT2D eigenvalue weighted by atomic mass is 9.81. The molecule has 0 spiro atoms. The summed E-state index contributed by atoms with van der Waals surface area (Å²) in [6, 6.07) is -3.83. The summed E-state index contributed by atoms with van der Waals surface area (Å²) in [5.74, 6) is -7.73. The van der Waals surface area contributed by atoms with E-state index >= 15 is 4.39 Å². The highest BCUT2D eigenvalue weighted by atomic mass is 19.1. The standard InChI is InChI=1S/C43H60FN7O12/c1-43(2,3)35(49-38(55)30(17-11-12-18-32(52)63-4)46-37(54)28-20-19-27(51(61)62)22-29(28)42(59)60)41(58)50-23-26(44)21-31(50)39(56)48-34(25-15-9-6-10-16-25)40(57)47-33(36(45)53)24-13-7-5-8-14-24/h12,18-20,22,24-26,30-31,33-35H,5-11,13-17,21,23H2,1-4H3,(H2,45,53)(H,46,54)(H,47,57)(H,48,56)(H,49,55)(H,59,60)/b18-12+/t26-,30-,31-,33-,34-,35+/m0/s1. The normalized spacial score (nSPS) is 20.4. The molecule has 2 aliphatic carbocycles. The predicted molar refractivity (Wildman–Crippen MR) is 224 cm³/mol. The van der Waals surface area contributed by atoms with Gasteiger partial charge < -0.3 is 41.7 Å². The van der Waals surface area contributed by atoms with Crippen LogP contribution >= 0.6 is 0 Å². The van der Waals surface area contributed by atoms with Crippen LogP contribution in [-0.2, 0) is 33.5 Å². The van der Waals surface area contributed by atoms with Gasteiger partial charge in [-0.15, -0.1) is 0 Å². The van der Waals surface area contributed by atoms with E-state index in [1.807, 2.05) is 0 Å². The number of nitrogens with zero attached hydrogens (tertiary/aromatic N) is 2. The number of carboxylic acid groups (broad SMARTS) is 1. The first-order valence-corrected chi connectivity index (χ1v) is 21.5. The van der Waals surface area contributed by atoms with Crippen LogP contribution in [-0.4, -0.2) is 112 Å². The number of carbonyl (C=O) groups excluding carboxylic acids is 7. The topological polar surface area (TPSA) is 287 Å². The Kier molecular flexibility index (Phi) is 17.7. The van der Waals surface area contributed by atoms with Crippen LogP contribution in [0.5, 0.6) is 0 Å². The summed E-state index contributed by atoms with van der Waals surface area (Å²) in [6.45, 7) is 4.33. The molecule has 19 nitrogen and oxygen atoms in total. The van der Waals surface area contributed by atoms with E-state index in [0.29, 0.717) is 31.7 Å². The highest BCUT2D eigenvalue weighted by molar-refractivity contribution is 6.06. The number of methoxy groups -OCH3 is 1. The number of amides is 6. The number of nitrogens with one attached hydrogen (secondary N) is 4. The van der Waals surface area contributed by atoms with Gasteiger partial charge in [-0.3, -0.25) is 38.9 Å². The van der Waals surface area contributed by atoms with Crippen LogP contribution < -0.4 is 27.0 Å². The molecule has 0 aromatic heterocycles. The number of primary amides is 1. The molecule has 1 saturated heterocycles. The maximum Gasteiger partial charge on any atom is 0.336 e. The van der Waals surface area contributed by atoms with Crippen molar-refractivity contribution < 1.29 is 57.5 Å². The first-order valence-electron chi connectivity index (χ1n) is 21.5. The smallest absolute Gasteiger partial charge is 0.336 e. The molecule has 346 valence electrons. The van der Waals surface area contributed by atoms with Gasteiger partial charge >= 0.3 is 11.9 Å². The first kappa shape index (κ1) is 49.7. The minimum absolute atomic E-state index is 0.0118. The van der Waals surface area contributed by atoms with Crippen LogP contribution in [0.4, 0.5) is 10.1 Å². The molecule has 0 bridgehead atoms. The van der Waals surface area contributed by atoms with Crippen LogP contribution in [0, 0.1) is 27.4 Å². The number of allylic oxidation sites excluding steroid dienone is 1. The van der Waals surface area contributed by atoms with Crippen molar-refractivity contribution in [3.63, 3.8) is 0 Å².